The second kappa shape index (κ2) is 14.2. The minimum Gasteiger partial charge on any atom is -0.486 e. The Labute approximate surface area is 252 Å². The maximum atomic E-state index is 13.3. The van der Waals surface area contributed by atoms with Gasteiger partial charge in [-0.1, -0.05) is 51.4 Å². The number of fused-ring (bicyclic) bond motifs is 1. The Balaban J connectivity index is 0.00000121. The number of aryl methyl sites for hydroxylation is 2. The van der Waals surface area contributed by atoms with Crippen LogP contribution < -0.4 is 15.0 Å². The third-order valence-corrected chi connectivity index (χ3v) is 6.67. The van der Waals surface area contributed by atoms with Crippen LogP contribution in [0, 0.1) is 6.92 Å². The van der Waals surface area contributed by atoms with Crippen molar-refractivity contribution in [2.45, 2.75) is 53.9 Å². The van der Waals surface area contributed by atoms with Gasteiger partial charge in [-0.05, 0) is 37.3 Å². The summed E-state index contributed by atoms with van der Waals surface area (Å²) in [4.78, 5) is 17.2. The molecule has 43 heavy (non-hydrogen) atoms. The van der Waals surface area contributed by atoms with Crippen LogP contribution in [0.2, 0.25) is 5.02 Å². The molecule has 0 radical (unpaired) electrons. The molecular weight excluding hydrogens is 583 g/mol. The summed E-state index contributed by atoms with van der Waals surface area (Å²) >= 11 is 6.43. The first-order chi connectivity index (χ1) is 20.5. The van der Waals surface area contributed by atoms with Gasteiger partial charge < -0.3 is 9.30 Å². The molecule has 0 aliphatic carbocycles. The zero-order valence-electron chi connectivity index (χ0n) is 24.8. The van der Waals surface area contributed by atoms with E-state index in [1.807, 2.05) is 65.9 Å². The first-order valence-corrected chi connectivity index (χ1v) is 14.1. The van der Waals surface area contributed by atoms with Gasteiger partial charge in [0.05, 0.1) is 16.3 Å². The average Bonchev–Trinajstić information content (AvgIpc) is 3.42. The van der Waals surface area contributed by atoms with Crippen molar-refractivity contribution in [1.29, 1.82) is 0 Å². The van der Waals surface area contributed by atoms with Crippen molar-refractivity contribution in [2.75, 3.05) is 0 Å². The monoisotopic (exact) mass is 616 g/mol. The fourth-order valence-corrected chi connectivity index (χ4v) is 4.65. The molecule has 8 nitrogen and oxygen atoms in total. The topological polar surface area (TPSA) is 86.0 Å². The molecule has 4 aromatic heterocycles. The molecule has 0 aliphatic heterocycles. The van der Waals surface area contributed by atoms with E-state index in [2.05, 4.69) is 10.1 Å². The minimum absolute atomic E-state index is 0.0869. The average molecular weight is 617 g/mol. The SMILES string of the molecule is CC.CC.Cc1cc(-c2ccnn2C)c2cccc(OCc3c(Cl)cc[n+](O)c3Cn3cccc(C(F)(F)F)c3=O)c2n1. The second-order valence-electron chi connectivity index (χ2n) is 8.88. The van der Waals surface area contributed by atoms with Crippen LogP contribution in [0.5, 0.6) is 5.75 Å². The summed E-state index contributed by atoms with van der Waals surface area (Å²) in [5.41, 5.74) is 0.983. The first kappa shape index (κ1) is 33.1. The molecule has 0 spiro atoms. The molecule has 0 atom stereocenters. The number of alkyl halides is 3. The molecule has 0 saturated carbocycles. The highest BCUT2D eigenvalue weighted by molar-refractivity contribution is 6.31. The van der Waals surface area contributed by atoms with Gasteiger partial charge in [0, 0.05) is 46.9 Å². The molecule has 0 amide bonds. The van der Waals surface area contributed by atoms with E-state index in [1.54, 1.807) is 16.9 Å². The molecule has 1 aromatic carbocycles. The Morgan fingerprint density at radius 2 is 1.79 bits per heavy atom. The van der Waals surface area contributed by atoms with E-state index in [0.717, 1.165) is 33.0 Å². The molecular formula is C31H34ClF3N5O3+. The number of rotatable bonds is 6. The fraction of sp³-hybridized carbons (Fsp3) is 0.290. The van der Waals surface area contributed by atoms with Gasteiger partial charge in [-0.2, -0.15) is 18.3 Å². The van der Waals surface area contributed by atoms with Gasteiger partial charge in [0.15, 0.2) is 0 Å². The lowest BCUT2D eigenvalue weighted by molar-refractivity contribution is -0.910. The number of aromatic nitrogens is 5. The zero-order chi connectivity index (χ0) is 31.9. The Kier molecular flexibility index (Phi) is 10.9. The van der Waals surface area contributed by atoms with Crippen LogP contribution in [-0.4, -0.2) is 24.5 Å². The zero-order valence-corrected chi connectivity index (χ0v) is 25.5. The molecule has 0 unspecified atom stereocenters. The summed E-state index contributed by atoms with van der Waals surface area (Å²) < 4.78 is 49.3. The largest absolute Gasteiger partial charge is 0.486 e. The molecule has 5 aromatic rings. The number of para-hydroxylation sites is 1. The number of hydrogen-bond donors (Lipinski definition) is 1. The van der Waals surface area contributed by atoms with Gasteiger partial charge in [0.2, 0.25) is 6.20 Å². The van der Waals surface area contributed by atoms with Crippen LogP contribution in [0.3, 0.4) is 0 Å². The van der Waals surface area contributed by atoms with Crippen LogP contribution in [0.25, 0.3) is 22.2 Å². The third-order valence-electron chi connectivity index (χ3n) is 6.32. The van der Waals surface area contributed by atoms with E-state index in [9.17, 15) is 23.2 Å². The summed E-state index contributed by atoms with van der Waals surface area (Å²) in [5.74, 6) is 0.436. The highest BCUT2D eigenvalue weighted by atomic mass is 35.5. The Morgan fingerprint density at radius 3 is 2.44 bits per heavy atom. The van der Waals surface area contributed by atoms with Crippen LogP contribution in [-0.2, 0) is 26.4 Å². The maximum absolute atomic E-state index is 13.3. The lowest BCUT2D eigenvalue weighted by atomic mass is 10.0. The molecule has 0 aliphatic rings. The van der Waals surface area contributed by atoms with E-state index < -0.39 is 17.3 Å². The fourth-order valence-electron chi connectivity index (χ4n) is 4.43. The maximum Gasteiger partial charge on any atom is 0.421 e. The number of nitrogens with zero attached hydrogens (tertiary/aromatic N) is 5. The summed E-state index contributed by atoms with van der Waals surface area (Å²) in [6.45, 7) is 9.33. The normalized spacial score (nSPS) is 10.9. The summed E-state index contributed by atoms with van der Waals surface area (Å²) in [5, 5.41) is 15.8. The van der Waals surface area contributed by atoms with Crippen molar-refractivity contribution in [3.8, 4) is 17.0 Å². The van der Waals surface area contributed by atoms with E-state index in [1.165, 1.54) is 18.5 Å². The lowest BCUT2D eigenvalue weighted by Gasteiger charge is -2.14. The molecule has 0 bridgehead atoms. The number of ether oxygens (including phenoxy) is 1. The summed E-state index contributed by atoms with van der Waals surface area (Å²) in [6.07, 6.45) is -0.664. The predicted molar refractivity (Wildman–Crippen MR) is 159 cm³/mol. The molecule has 5 rings (SSSR count). The quantitative estimate of drug-likeness (QED) is 0.164. The van der Waals surface area contributed by atoms with E-state index in [4.69, 9.17) is 16.3 Å². The van der Waals surface area contributed by atoms with E-state index in [-0.39, 0.29) is 23.9 Å². The van der Waals surface area contributed by atoms with Crippen molar-refractivity contribution < 1.29 is 27.8 Å². The molecule has 0 fully saturated rings. The molecule has 0 saturated heterocycles. The highest BCUT2D eigenvalue weighted by Crippen LogP contribution is 2.34. The first-order valence-electron chi connectivity index (χ1n) is 13.7. The van der Waals surface area contributed by atoms with E-state index in [0.29, 0.717) is 27.6 Å². The van der Waals surface area contributed by atoms with Gasteiger partial charge in [0.1, 0.15) is 30.0 Å². The van der Waals surface area contributed by atoms with Crippen molar-refractivity contribution in [3.63, 3.8) is 0 Å². The molecule has 12 heteroatoms. The standard InChI is InChI=1S/C27H22ClF3N5O3.2C2H6/c1-16-13-18(22-8-10-32-34(22)2)17-5-3-7-24(25(17)33-16)39-15-19-21(28)9-12-36(38)23(19)14-35-11-4-6-20(26(35)37)27(29,30)31;2*1-2/h3-13,38H,14-15H2,1-2H3;2*1-2H3/q+1;;. The van der Waals surface area contributed by atoms with Gasteiger partial charge in [0.25, 0.3) is 11.3 Å². The lowest BCUT2D eigenvalue weighted by Crippen LogP contribution is -2.39. The van der Waals surface area contributed by atoms with Gasteiger partial charge in [-0.25, -0.2) is 4.98 Å². The Morgan fingerprint density at radius 1 is 1.07 bits per heavy atom. The van der Waals surface area contributed by atoms with Gasteiger partial charge in [-0.15, -0.1) is 0 Å². The number of benzene rings is 1. The predicted octanol–water partition coefficient (Wildman–Crippen LogP) is 6.98. The van der Waals surface area contributed by atoms with Crippen LogP contribution in [0.4, 0.5) is 13.2 Å². The van der Waals surface area contributed by atoms with Crippen molar-refractivity contribution >= 4 is 22.5 Å². The second-order valence-corrected chi connectivity index (χ2v) is 9.29. The number of hydrogen-bond acceptors (Lipinski definition) is 5. The third kappa shape index (κ3) is 7.16. The highest BCUT2D eigenvalue weighted by Gasteiger charge is 2.34. The smallest absolute Gasteiger partial charge is 0.421 e. The summed E-state index contributed by atoms with van der Waals surface area (Å²) in [6, 6.07) is 12.6. The van der Waals surface area contributed by atoms with Crippen molar-refractivity contribution in [2.24, 2.45) is 7.05 Å². The molecule has 228 valence electrons. The van der Waals surface area contributed by atoms with Gasteiger partial charge >= 0.3 is 6.18 Å². The van der Waals surface area contributed by atoms with Crippen LogP contribution in [0.1, 0.15) is 50.2 Å². The molecule has 1 N–H and O–H groups in total. The van der Waals surface area contributed by atoms with Crippen LogP contribution >= 0.6 is 11.6 Å². The summed E-state index contributed by atoms with van der Waals surface area (Å²) in [7, 11) is 1.84. The van der Waals surface area contributed by atoms with Gasteiger partial charge in [-0.3, -0.25) is 14.7 Å². The minimum atomic E-state index is -4.82. The Hall–Kier alpha value is -4.38. The van der Waals surface area contributed by atoms with Crippen molar-refractivity contribution in [1.82, 2.24) is 19.3 Å². The van der Waals surface area contributed by atoms with Crippen molar-refractivity contribution in [3.05, 3.63) is 105 Å². The van der Waals surface area contributed by atoms with E-state index >= 15 is 0 Å². The van der Waals surface area contributed by atoms with Crippen LogP contribution in [0.15, 0.2) is 71.9 Å². The molecule has 4 heterocycles. The number of halogens is 4. The number of pyridine rings is 3. The Bertz CT molecular complexity index is 1770.